The summed E-state index contributed by atoms with van der Waals surface area (Å²) in [5, 5.41) is 0.786. The van der Waals surface area contributed by atoms with Crippen molar-refractivity contribution in [1.82, 2.24) is 14.5 Å². The van der Waals surface area contributed by atoms with Crippen molar-refractivity contribution in [3.8, 4) is 0 Å². The Morgan fingerprint density at radius 1 is 1.25 bits per heavy atom. The van der Waals surface area contributed by atoms with Gasteiger partial charge in [0.15, 0.2) is 0 Å². The van der Waals surface area contributed by atoms with E-state index in [4.69, 9.17) is 16.6 Å². The summed E-state index contributed by atoms with van der Waals surface area (Å²) < 4.78 is 2.49. The van der Waals surface area contributed by atoms with Gasteiger partial charge in [-0.05, 0) is 43.4 Å². The van der Waals surface area contributed by atoms with Gasteiger partial charge in [0.1, 0.15) is 5.82 Å². The molecule has 1 aromatic heterocycles. The summed E-state index contributed by atoms with van der Waals surface area (Å²) in [7, 11) is 0. The van der Waals surface area contributed by atoms with E-state index in [0.717, 1.165) is 28.9 Å². The highest BCUT2D eigenvalue weighted by atomic mass is 35.5. The Kier molecular flexibility index (Phi) is 2.31. The molecular weight excluding hydrogens is 270 g/mol. The second-order valence-corrected chi connectivity index (χ2v) is 7.04. The number of fused-ring (bicyclic) bond motifs is 6. The Bertz CT molecular complexity index is 688. The molecule has 2 atom stereocenters. The van der Waals surface area contributed by atoms with Crippen LogP contribution in [0.4, 0.5) is 0 Å². The molecule has 3 aliphatic rings. The van der Waals surface area contributed by atoms with E-state index in [2.05, 4.69) is 15.5 Å². The van der Waals surface area contributed by atoms with Gasteiger partial charge in [-0.2, -0.15) is 0 Å². The minimum Gasteiger partial charge on any atom is -0.311 e. The number of imidazole rings is 1. The monoisotopic (exact) mass is 287 g/mol. The molecule has 0 amide bonds. The molecule has 3 heterocycles. The number of likely N-dealkylation sites (tertiary alicyclic amines) is 1. The lowest BCUT2D eigenvalue weighted by Crippen LogP contribution is -2.41. The highest BCUT2D eigenvalue weighted by molar-refractivity contribution is 6.31. The summed E-state index contributed by atoms with van der Waals surface area (Å²) in [6.45, 7) is 1.27. The van der Waals surface area contributed by atoms with Crippen molar-refractivity contribution in [3.63, 3.8) is 0 Å². The van der Waals surface area contributed by atoms with Crippen molar-refractivity contribution in [2.45, 2.75) is 44.3 Å². The van der Waals surface area contributed by atoms with Gasteiger partial charge in [-0.1, -0.05) is 18.0 Å². The van der Waals surface area contributed by atoms with E-state index >= 15 is 0 Å². The molecule has 2 bridgehead atoms. The fraction of sp³-hybridized carbons (Fsp3) is 0.562. The molecule has 0 spiro atoms. The maximum atomic E-state index is 6.11. The van der Waals surface area contributed by atoms with E-state index in [9.17, 15) is 0 Å². The molecule has 3 nitrogen and oxygen atoms in total. The molecule has 1 saturated carbocycles. The van der Waals surface area contributed by atoms with Gasteiger partial charge in [-0.15, -0.1) is 0 Å². The van der Waals surface area contributed by atoms with Crippen LogP contribution < -0.4 is 0 Å². The van der Waals surface area contributed by atoms with Gasteiger partial charge < -0.3 is 4.57 Å². The Labute approximate surface area is 123 Å². The van der Waals surface area contributed by atoms with Crippen molar-refractivity contribution in [3.05, 3.63) is 29.0 Å². The summed E-state index contributed by atoms with van der Waals surface area (Å²) in [4.78, 5) is 7.59. The highest BCUT2D eigenvalue weighted by Gasteiger charge is 2.43. The maximum absolute atomic E-state index is 6.11. The van der Waals surface area contributed by atoms with E-state index in [1.54, 1.807) is 0 Å². The molecule has 1 aliphatic carbocycles. The van der Waals surface area contributed by atoms with E-state index < -0.39 is 0 Å². The lowest BCUT2D eigenvalue weighted by atomic mass is 9.91. The summed E-state index contributed by atoms with van der Waals surface area (Å²) in [6, 6.07) is 6.96. The first kappa shape index (κ1) is 11.6. The second kappa shape index (κ2) is 3.99. The largest absolute Gasteiger partial charge is 0.311 e. The van der Waals surface area contributed by atoms with Gasteiger partial charge in [0.25, 0.3) is 0 Å². The van der Waals surface area contributed by atoms with Crippen molar-refractivity contribution < 1.29 is 0 Å². The molecule has 4 heteroatoms. The molecule has 0 N–H and O–H groups in total. The zero-order valence-electron chi connectivity index (χ0n) is 11.4. The smallest absolute Gasteiger partial charge is 0.111 e. The van der Waals surface area contributed by atoms with Crippen LogP contribution in [-0.4, -0.2) is 27.0 Å². The predicted molar refractivity (Wildman–Crippen MR) is 79.9 cm³/mol. The van der Waals surface area contributed by atoms with Gasteiger partial charge >= 0.3 is 0 Å². The fourth-order valence-corrected chi connectivity index (χ4v) is 4.46. The standard InChI is InChI=1S/C16H18ClN3/c17-11-4-5-14-13(8-11)18-15-6-10-7-16(20(14)15)19(9-10)12-2-1-3-12/h4-5,8,10,12,16H,1-3,6-7,9H2. The Morgan fingerprint density at radius 2 is 2.15 bits per heavy atom. The third-order valence-electron chi connectivity index (χ3n) is 5.43. The van der Waals surface area contributed by atoms with Crippen LogP contribution in [0, 0.1) is 5.92 Å². The minimum atomic E-state index is 0.542. The summed E-state index contributed by atoms with van der Waals surface area (Å²) in [6.07, 6.45) is 7.16. The first-order valence-electron chi connectivity index (χ1n) is 7.72. The first-order chi connectivity index (χ1) is 9.79. The number of hydrogen-bond donors (Lipinski definition) is 0. The number of hydrogen-bond acceptors (Lipinski definition) is 2. The zero-order valence-corrected chi connectivity index (χ0v) is 12.2. The van der Waals surface area contributed by atoms with Gasteiger partial charge in [0.05, 0.1) is 17.2 Å². The molecule has 5 rings (SSSR count). The van der Waals surface area contributed by atoms with Crippen LogP contribution in [0.25, 0.3) is 11.0 Å². The van der Waals surface area contributed by atoms with Gasteiger partial charge in [0, 0.05) is 24.0 Å². The van der Waals surface area contributed by atoms with Gasteiger partial charge in [-0.3, -0.25) is 4.90 Å². The minimum absolute atomic E-state index is 0.542. The molecule has 2 fully saturated rings. The maximum Gasteiger partial charge on any atom is 0.111 e. The molecular formula is C16H18ClN3. The third kappa shape index (κ3) is 1.48. The van der Waals surface area contributed by atoms with Crippen LogP contribution in [0.1, 0.15) is 37.7 Å². The second-order valence-electron chi connectivity index (χ2n) is 6.60. The first-order valence-corrected chi connectivity index (χ1v) is 8.09. The molecule has 20 heavy (non-hydrogen) atoms. The van der Waals surface area contributed by atoms with Crippen LogP contribution >= 0.6 is 11.6 Å². The van der Waals surface area contributed by atoms with E-state index in [1.165, 1.54) is 43.6 Å². The number of halogens is 1. The van der Waals surface area contributed by atoms with E-state index in [0.29, 0.717) is 6.17 Å². The Hall–Kier alpha value is -1.06. The number of nitrogens with zero attached hydrogens (tertiary/aromatic N) is 3. The number of rotatable bonds is 1. The quantitative estimate of drug-likeness (QED) is 0.799. The SMILES string of the molecule is Clc1ccc2c(c1)nc1n2C2CC(C1)CN2C1CCC1. The molecule has 2 unspecified atom stereocenters. The van der Waals surface area contributed by atoms with Crippen molar-refractivity contribution in [2.24, 2.45) is 5.92 Å². The molecule has 1 saturated heterocycles. The summed E-state index contributed by atoms with van der Waals surface area (Å²) >= 11 is 6.11. The summed E-state index contributed by atoms with van der Waals surface area (Å²) in [5.41, 5.74) is 2.33. The molecule has 104 valence electrons. The molecule has 0 radical (unpaired) electrons. The normalized spacial score (nSPS) is 29.6. The Morgan fingerprint density at radius 3 is 2.95 bits per heavy atom. The average Bonchev–Trinajstić information content (AvgIpc) is 2.86. The zero-order chi connectivity index (χ0) is 13.3. The predicted octanol–water partition coefficient (Wildman–Crippen LogP) is 3.62. The average molecular weight is 288 g/mol. The van der Waals surface area contributed by atoms with Crippen molar-refractivity contribution >= 4 is 22.6 Å². The van der Waals surface area contributed by atoms with Crippen LogP contribution in [0.15, 0.2) is 18.2 Å². The van der Waals surface area contributed by atoms with Crippen molar-refractivity contribution in [2.75, 3.05) is 6.54 Å². The van der Waals surface area contributed by atoms with Gasteiger partial charge in [0.2, 0.25) is 0 Å². The lowest BCUT2D eigenvalue weighted by molar-refractivity contribution is 0.0822. The van der Waals surface area contributed by atoms with E-state index in [1.807, 2.05) is 12.1 Å². The molecule has 2 aliphatic heterocycles. The van der Waals surface area contributed by atoms with E-state index in [-0.39, 0.29) is 0 Å². The molecule has 1 aromatic carbocycles. The third-order valence-corrected chi connectivity index (χ3v) is 5.67. The van der Waals surface area contributed by atoms with Crippen molar-refractivity contribution in [1.29, 1.82) is 0 Å². The molecule has 2 aromatic rings. The van der Waals surface area contributed by atoms with Crippen LogP contribution in [0.2, 0.25) is 5.02 Å². The number of aromatic nitrogens is 2. The number of benzene rings is 1. The Balaban J connectivity index is 1.66. The van der Waals surface area contributed by atoms with Crippen LogP contribution in [-0.2, 0) is 6.42 Å². The summed E-state index contributed by atoms with van der Waals surface area (Å²) in [5.74, 6) is 2.07. The topological polar surface area (TPSA) is 21.1 Å². The van der Waals surface area contributed by atoms with Crippen LogP contribution in [0.5, 0.6) is 0 Å². The fourth-order valence-electron chi connectivity index (χ4n) is 4.30. The highest BCUT2D eigenvalue weighted by Crippen LogP contribution is 2.45. The van der Waals surface area contributed by atoms with Crippen LogP contribution in [0.3, 0.4) is 0 Å². The van der Waals surface area contributed by atoms with Gasteiger partial charge in [-0.25, -0.2) is 4.98 Å². The lowest BCUT2D eigenvalue weighted by Gasteiger charge is -2.39.